The molecule has 146 valence electrons. The van der Waals surface area contributed by atoms with Gasteiger partial charge >= 0.3 is 0 Å². The van der Waals surface area contributed by atoms with E-state index in [4.69, 9.17) is 14.2 Å². The number of Topliss-reactive ketones (excluding diaryl/α,β-unsaturated/α-hetero) is 1. The lowest BCUT2D eigenvalue weighted by molar-refractivity contribution is 0.101. The van der Waals surface area contributed by atoms with Crippen LogP contribution in [0.15, 0.2) is 72.5 Å². The summed E-state index contributed by atoms with van der Waals surface area (Å²) < 4.78 is 30.5. The maximum Gasteiger partial charge on any atom is 0.231 e. The van der Waals surface area contributed by atoms with Crippen molar-refractivity contribution >= 4 is 11.9 Å². The second-order valence-corrected chi connectivity index (χ2v) is 6.48. The van der Waals surface area contributed by atoms with Crippen LogP contribution in [0.25, 0.3) is 6.08 Å². The first kappa shape index (κ1) is 18.7. The predicted octanol–water partition coefficient (Wildman–Crippen LogP) is 5.42. The lowest BCUT2D eigenvalue weighted by Crippen LogP contribution is -1.98. The minimum atomic E-state index is -0.319. The standard InChI is InChI=1S/C24H19FO4/c1-2-27-18-9-7-16(8-10-18)13-23-24(26)20-12-11-19(14-22(20)29-23)28-15-17-5-3-4-6-21(17)25/h3-14H,2,15H2,1H3/b23-13-. The number of benzene rings is 3. The summed E-state index contributed by atoms with van der Waals surface area (Å²) in [4.78, 5) is 12.6. The van der Waals surface area contributed by atoms with Gasteiger partial charge in [0.25, 0.3) is 0 Å². The summed E-state index contributed by atoms with van der Waals surface area (Å²) in [5.74, 6) is 1.44. The van der Waals surface area contributed by atoms with Crippen LogP contribution in [-0.4, -0.2) is 12.4 Å². The molecule has 29 heavy (non-hydrogen) atoms. The van der Waals surface area contributed by atoms with Crippen molar-refractivity contribution in [3.8, 4) is 17.2 Å². The highest BCUT2D eigenvalue weighted by atomic mass is 19.1. The number of ketones is 1. The number of carbonyl (C=O) groups is 1. The van der Waals surface area contributed by atoms with E-state index in [2.05, 4.69) is 0 Å². The Labute approximate surface area is 168 Å². The van der Waals surface area contributed by atoms with Gasteiger partial charge in [-0.15, -0.1) is 0 Å². The number of allylic oxidation sites excluding steroid dienone is 1. The van der Waals surface area contributed by atoms with Crippen molar-refractivity contribution in [2.24, 2.45) is 0 Å². The molecule has 4 nitrogen and oxygen atoms in total. The normalized spacial score (nSPS) is 13.9. The number of fused-ring (bicyclic) bond motifs is 1. The molecule has 1 aliphatic rings. The zero-order valence-corrected chi connectivity index (χ0v) is 15.9. The molecule has 3 aromatic carbocycles. The molecule has 4 rings (SSSR count). The molecular weight excluding hydrogens is 371 g/mol. The van der Waals surface area contributed by atoms with E-state index in [9.17, 15) is 9.18 Å². The highest BCUT2D eigenvalue weighted by Crippen LogP contribution is 2.35. The summed E-state index contributed by atoms with van der Waals surface area (Å²) in [6, 6.07) is 18.8. The molecule has 1 heterocycles. The van der Waals surface area contributed by atoms with Gasteiger partial charge in [0, 0.05) is 11.6 Å². The molecule has 5 heteroatoms. The van der Waals surface area contributed by atoms with E-state index in [1.165, 1.54) is 6.07 Å². The number of hydrogen-bond acceptors (Lipinski definition) is 4. The fourth-order valence-electron chi connectivity index (χ4n) is 3.01. The van der Waals surface area contributed by atoms with E-state index in [-0.39, 0.29) is 24.0 Å². The first-order valence-corrected chi connectivity index (χ1v) is 9.31. The van der Waals surface area contributed by atoms with E-state index in [1.807, 2.05) is 31.2 Å². The van der Waals surface area contributed by atoms with Crippen LogP contribution in [0.2, 0.25) is 0 Å². The van der Waals surface area contributed by atoms with E-state index in [0.29, 0.717) is 29.2 Å². The average Bonchev–Trinajstić information content (AvgIpc) is 3.04. The molecule has 1 aliphatic heterocycles. The smallest absolute Gasteiger partial charge is 0.231 e. The molecule has 0 bridgehead atoms. The highest BCUT2D eigenvalue weighted by Gasteiger charge is 2.27. The fraction of sp³-hybridized carbons (Fsp3) is 0.125. The number of halogens is 1. The Morgan fingerprint density at radius 3 is 2.48 bits per heavy atom. The Bertz CT molecular complexity index is 1070. The lowest BCUT2D eigenvalue weighted by Gasteiger charge is -2.08. The number of ether oxygens (including phenoxy) is 3. The predicted molar refractivity (Wildman–Crippen MR) is 108 cm³/mol. The molecule has 3 aromatic rings. The molecule has 0 saturated carbocycles. The van der Waals surface area contributed by atoms with Gasteiger partial charge in [-0.2, -0.15) is 0 Å². The molecule has 0 amide bonds. The van der Waals surface area contributed by atoms with Crippen molar-refractivity contribution in [1.82, 2.24) is 0 Å². The number of carbonyl (C=O) groups excluding carboxylic acids is 1. The third kappa shape index (κ3) is 4.14. The minimum absolute atomic E-state index is 0.0916. The van der Waals surface area contributed by atoms with Crippen molar-refractivity contribution in [2.75, 3.05) is 6.61 Å². The Balaban J connectivity index is 1.48. The molecule has 0 atom stereocenters. The molecule has 0 radical (unpaired) electrons. The van der Waals surface area contributed by atoms with Gasteiger partial charge in [0.2, 0.25) is 5.78 Å². The number of hydrogen-bond donors (Lipinski definition) is 0. The van der Waals surface area contributed by atoms with Crippen LogP contribution in [0.3, 0.4) is 0 Å². The van der Waals surface area contributed by atoms with Crippen molar-refractivity contribution in [1.29, 1.82) is 0 Å². The van der Waals surface area contributed by atoms with Gasteiger partial charge in [-0.05, 0) is 48.9 Å². The van der Waals surface area contributed by atoms with Crippen molar-refractivity contribution in [3.63, 3.8) is 0 Å². The average molecular weight is 390 g/mol. The van der Waals surface area contributed by atoms with Crippen LogP contribution in [0.4, 0.5) is 4.39 Å². The maximum atomic E-state index is 13.7. The zero-order valence-electron chi connectivity index (χ0n) is 15.9. The van der Waals surface area contributed by atoms with Crippen molar-refractivity contribution in [3.05, 3.63) is 95.0 Å². The van der Waals surface area contributed by atoms with Crippen LogP contribution >= 0.6 is 0 Å². The highest BCUT2D eigenvalue weighted by molar-refractivity contribution is 6.14. The van der Waals surface area contributed by atoms with Crippen LogP contribution < -0.4 is 14.2 Å². The largest absolute Gasteiger partial charge is 0.494 e. The Morgan fingerprint density at radius 1 is 0.966 bits per heavy atom. The molecule has 0 N–H and O–H groups in total. The van der Waals surface area contributed by atoms with Gasteiger partial charge in [0.05, 0.1) is 12.2 Å². The van der Waals surface area contributed by atoms with Gasteiger partial charge < -0.3 is 14.2 Å². The van der Waals surface area contributed by atoms with Crippen LogP contribution in [0.5, 0.6) is 17.2 Å². The van der Waals surface area contributed by atoms with Gasteiger partial charge in [0.15, 0.2) is 5.76 Å². The summed E-state index contributed by atoms with van der Waals surface area (Å²) in [5.41, 5.74) is 1.77. The van der Waals surface area contributed by atoms with Crippen LogP contribution in [0.1, 0.15) is 28.4 Å². The van der Waals surface area contributed by atoms with Gasteiger partial charge in [-0.3, -0.25) is 4.79 Å². The summed E-state index contributed by atoms with van der Waals surface area (Å²) >= 11 is 0. The molecule has 0 unspecified atom stereocenters. The third-order valence-electron chi connectivity index (χ3n) is 4.48. The minimum Gasteiger partial charge on any atom is -0.494 e. The van der Waals surface area contributed by atoms with Crippen LogP contribution in [-0.2, 0) is 6.61 Å². The monoisotopic (exact) mass is 390 g/mol. The van der Waals surface area contributed by atoms with Crippen molar-refractivity contribution < 1.29 is 23.4 Å². The van der Waals surface area contributed by atoms with E-state index < -0.39 is 0 Å². The van der Waals surface area contributed by atoms with E-state index >= 15 is 0 Å². The topological polar surface area (TPSA) is 44.8 Å². The Hall–Kier alpha value is -3.60. The second-order valence-electron chi connectivity index (χ2n) is 6.48. The first-order valence-electron chi connectivity index (χ1n) is 9.31. The van der Waals surface area contributed by atoms with Crippen molar-refractivity contribution in [2.45, 2.75) is 13.5 Å². The third-order valence-corrected chi connectivity index (χ3v) is 4.48. The SMILES string of the molecule is CCOc1ccc(/C=C2\Oc3cc(OCc4ccccc4F)ccc3C2=O)cc1. The van der Waals surface area contributed by atoms with Crippen LogP contribution in [0, 0.1) is 5.82 Å². The van der Waals surface area contributed by atoms with E-state index in [0.717, 1.165) is 11.3 Å². The summed E-state index contributed by atoms with van der Waals surface area (Å²) in [7, 11) is 0. The Morgan fingerprint density at radius 2 is 1.72 bits per heavy atom. The van der Waals surface area contributed by atoms with E-state index in [1.54, 1.807) is 42.5 Å². The molecular formula is C24H19FO4. The molecule has 0 aliphatic carbocycles. The second kappa shape index (κ2) is 8.19. The maximum absolute atomic E-state index is 13.7. The van der Waals surface area contributed by atoms with Gasteiger partial charge in [0.1, 0.15) is 29.7 Å². The quantitative estimate of drug-likeness (QED) is 0.527. The fourth-order valence-corrected chi connectivity index (χ4v) is 3.01. The zero-order chi connectivity index (χ0) is 20.2. The van der Waals surface area contributed by atoms with Gasteiger partial charge in [-0.25, -0.2) is 4.39 Å². The summed E-state index contributed by atoms with van der Waals surface area (Å²) in [5, 5.41) is 0. The summed E-state index contributed by atoms with van der Waals surface area (Å²) in [6.07, 6.45) is 1.69. The first-order chi connectivity index (χ1) is 14.1. The summed E-state index contributed by atoms with van der Waals surface area (Å²) in [6.45, 7) is 2.61. The molecule has 0 aromatic heterocycles. The number of rotatable bonds is 6. The lowest BCUT2D eigenvalue weighted by atomic mass is 10.1. The van der Waals surface area contributed by atoms with Gasteiger partial charge in [-0.1, -0.05) is 30.3 Å². The molecule has 0 spiro atoms. The molecule has 0 fully saturated rings. The molecule has 0 saturated heterocycles. The Kier molecular flexibility index (Phi) is 5.29.